The summed E-state index contributed by atoms with van der Waals surface area (Å²) < 4.78 is 11.0. The Hall–Kier alpha value is -3.71. The predicted molar refractivity (Wildman–Crippen MR) is 124 cm³/mol. The number of aromatic nitrogens is 1. The summed E-state index contributed by atoms with van der Waals surface area (Å²) >= 11 is 5.86. The van der Waals surface area contributed by atoms with E-state index in [0.717, 1.165) is 0 Å². The Morgan fingerprint density at radius 1 is 0.939 bits per heavy atom. The lowest BCUT2D eigenvalue weighted by molar-refractivity contribution is -0.159. The van der Waals surface area contributed by atoms with Crippen LogP contribution in [0.15, 0.2) is 73.1 Å². The van der Waals surface area contributed by atoms with Gasteiger partial charge in [-0.25, -0.2) is 4.79 Å². The van der Waals surface area contributed by atoms with Gasteiger partial charge in [0.1, 0.15) is 12.4 Å². The number of benzene rings is 2. The number of hydrogen-bond donors (Lipinski definition) is 1. The molecule has 0 radical (unpaired) electrons. The highest BCUT2D eigenvalue weighted by Gasteiger charge is 2.32. The number of ether oxygens (including phenoxy) is 2. The van der Waals surface area contributed by atoms with Gasteiger partial charge in [-0.2, -0.15) is 0 Å². The molecule has 0 aliphatic heterocycles. The van der Waals surface area contributed by atoms with Crippen molar-refractivity contribution in [3.63, 3.8) is 0 Å². The van der Waals surface area contributed by atoms with Gasteiger partial charge in [0.05, 0.1) is 12.1 Å². The molecule has 0 saturated heterocycles. The summed E-state index contributed by atoms with van der Waals surface area (Å²) in [6.07, 6.45) is 3.03. The van der Waals surface area contributed by atoms with E-state index in [2.05, 4.69) is 10.3 Å². The van der Waals surface area contributed by atoms with Gasteiger partial charge in [-0.3, -0.25) is 14.6 Å². The van der Waals surface area contributed by atoms with Gasteiger partial charge in [-0.1, -0.05) is 11.6 Å². The van der Waals surface area contributed by atoms with E-state index in [1.54, 1.807) is 80.7 Å². The minimum absolute atomic E-state index is 0.00778. The lowest BCUT2D eigenvalue weighted by Gasteiger charge is -2.24. The van der Waals surface area contributed by atoms with Gasteiger partial charge in [-0.05, 0) is 74.5 Å². The average molecular weight is 467 g/mol. The van der Waals surface area contributed by atoms with Gasteiger partial charge < -0.3 is 14.8 Å². The summed E-state index contributed by atoms with van der Waals surface area (Å²) in [6.45, 7) is 3.30. The first-order valence-electron chi connectivity index (χ1n) is 10.2. The normalized spacial score (nSPS) is 10.9. The second kappa shape index (κ2) is 10.7. The molecule has 1 heterocycles. The summed E-state index contributed by atoms with van der Waals surface area (Å²) in [5.41, 5.74) is 0.155. The lowest BCUT2D eigenvalue weighted by Crippen LogP contribution is -2.41. The van der Waals surface area contributed by atoms with Crippen molar-refractivity contribution in [1.29, 1.82) is 0 Å². The maximum absolute atomic E-state index is 12.6. The fraction of sp³-hybridized carbons (Fsp3) is 0.200. The van der Waals surface area contributed by atoms with Crippen molar-refractivity contribution in [3.05, 3.63) is 94.8 Å². The van der Waals surface area contributed by atoms with E-state index in [1.165, 1.54) is 6.20 Å². The molecule has 0 spiro atoms. The van der Waals surface area contributed by atoms with Crippen LogP contribution in [0.1, 0.15) is 40.1 Å². The highest BCUT2D eigenvalue weighted by molar-refractivity contribution is 6.30. The molecule has 0 saturated carbocycles. The second-order valence-electron chi connectivity index (χ2n) is 7.61. The van der Waals surface area contributed by atoms with Crippen molar-refractivity contribution < 1.29 is 23.9 Å². The van der Waals surface area contributed by atoms with Gasteiger partial charge in [0.15, 0.2) is 11.4 Å². The van der Waals surface area contributed by atoms with Crippen LogP contribution in [0.2, 0.25) is 5.02 Å². The predicted octanol–water partition coefficient (Wildman–Crippen LogP) is 4.10. The Morgan fingerprint density at radius 3 is 2.18 bits per heavy atom. The van der Waals surface area contributed by atoms with Crippen molar-refractivity contribution in [2.75, 3.05) is 13.2 Å². The molecule has 0 atom stereocenters. The van der Waals surface area contributed by atoms with E-state index in [0.29, 0.717) is 27.5 Å². The summed E-state index contributed by atoms with van der Waals surface area (Å²) in [7, 11) is 0. The molecule has 1 amide bonds. The Bertz CT molecular complexity index is 1110. The summed E-state index contributed by atoms with van der Waals surface area (Å²) in [4.78, 5) is 40.8. The maximum atomic E-state index is 12.6. The van der Waals surface area contributed by atoms with Crippen molar-refractivity contribution in [1.82, 2.24) is 10.3 Å². The van der Waals surface area contributed by atoms with Crippen LogP contribution in [-0.4, -0.2) is 41.4 Å². The smallest absolute Gasteiger partial charge is 0.349 e. The summed E-state index contributed by atoms with van der Waals surface area (Å²) in [5, 5.41) is 3.21. The quantitative estimate of drug-likeness (QED) is 0.290. The number of esters is 1. The molecule has 7 nitrogen and oxygen atoms in total. The molecule has 3 rings (SSSR count). The van der Waals surface area contributed by atoms with Crippen LogP contribution in [0.25, 0.3) is 0 Å². The number of amides is 1. The van der Waals surface area contributed by atoms with E-state index in [9.17, 15) is 14.4 Å². The highest BCUT2D eigenvalue weighted by atomic mass is 35.5. The molecule has 0 aliphatic carbocycles. The van der Waals surface area contributed by atoms with Gasteiger partial charge in [0.25, 0.3) is 5.91 Å². The van der Waals surface area contributed by atoms with Crippen LogP contribution < -0.4 is 10.1 Å². The molecule has 8 heteroatoms. The highest BCUT2D eigenvalue weighted by Crippen LogP contribution is 2.22. The molecule has 0 aliphatic rings. The topological polar surface area (TPSA) is 94.6 Å². The monoisotopic (exact) mass is 466 g/mol. The molecule has 1 aromatic heterocycles. The lowest BCUT2D eigenvalue weighted by atomic mass is 10.0. The minimum Gasteiger partial charge on any atom is -0.476 e. The van der Waals surface area contributed by atoms with E-state index in [-0.39, 0.29) is 24.8 Å². The number of hydrogen-bond acceptors (Lipinski definition) is 6. The van der Waals surface area contributed by atoms with Crippen molar-refractivity contribution in [2.24, 2.45) is 0 Å². The number of nitrogens with one attached hydrogen (secondary N) is 1. The summed E-state index contributed by atoms with van der Waals surface area (Å²) in [6, 6.07) is 16.4. The molecule has 2 aromatic carbocycles. The van der Waals surface area contributed by atoms with Crippen molar-refractivity contribution in [3.8, 4) is 5.75 Å². The molecule has 33 heavy (non-hydrogen) atoms. The first-order valence-corrected chi connectivity index (χ1v) is 10.6. The minimum atomic E-state index is -1.27. The van der Waals surface area contributed by atoms with Crippen molar-refractivity contribution in [2.45, 2.75) is 19.4 Å². The number of rotatable bonds is 9. The van der Waals surface area contributed by atoms with Crippen LogP contribution in [0.5, 0.6) is 5.75 Å². The third-order valence-electron chi connectivity index (χ3n) is 4.63. The Morgan fingerprint density at radius 2 is 1.58 bits per heavy atom. The van der Waals surface area contributed by atoms with Crippen molar-refractivity contribution >= 4 is 29.3 Å². The van der Waals surface area contributed by atoms with Crippen LogP contribution in [0.4, 0.5) is 0 Å². The first kappa shape index (κ1) is 23.9. The number of nitrogens with zero attached hydrogens (tertiary/aromatic N) is 1. The third kappa shape index (κ3) is 6.63. The van der Waals surface area contributed by atoms with Gasteiger partial charge in [-0.15, -0.1) is 0 Å². The molecule has 1 N–H and O–H groups in total. The van der Waals surface area contributed by atoms with Crippen LogP contribution in [0.3, 0.4) is 0 Å². The van der Waals surface area contributed by atoms with E-state index < -0.39 is 11.6 Å². The van der Waals surface area contributed by atoms with Crippen LogP contribution >= 0.6 is 11.6 Å². The van der Waals surface area contributed by atoms with Crippen LogP contribution in [-0.2, 0) is 9.53 Å². The summed E-state index contributed by atoms with van der Waals surface area (Å²) in [5.74, 6) is -0.623. The zero-order valence-corrected chi connectivity index (χ0v) is 19.0. The zero-order valence-electron chi connectivity index (χ0n) is 18.2. The molecule has 3 aromatic rings. The van der Waals surface area contributed by atoms with Crippen LogP contribution in [0, 0.1) is 0 Å². The fourth-order valence-electron chi connectivity index (χ4n) is 2.86. The Labute approximate surface area is 196 Å². The second-order valence-corrected chi connectivity index (χ2v) is 8.04. The molecule has 0 bridgehead atoms. The van der Waals surface area contributed by atoms with E-state index in [1.807, 2.05) is 0 Å². The third-order valence-corrected chi connectivity index (χ3v) is 4.88. The Kier molecular flexibility index (Phi) is 7.79. The van der Waals surface area contributed by atoms with Gasteiger partial charge in [0, 0.05) is 28.5 Å². The number of ketones is 1. The Balaban J connectivity index is 1.49. The number of pyridine rings is 1. The molecule has 0 fully saturated rings. The molecule has 0 unspecified atom stereocenters. The SMILES string of the molecule is CC(C)(Oc1ccc(C(=O)c2ccc(Cl)cc2)cc1)C(=O)OCCNC(=O)c1cccnc1. The van der Waals surface area contributed by atoms with E-state index in [4.69, 9.17) is 21.1 Å². The largest absolute Gasteiger partial charge is 0.476 e. The number of carbonyl (C=O) groups excluding carboxylic acids is 3. The number of halogens is 1. The molecular formula is C25H23ClN2O5. The number of carbonyl (C=O) groups is 3. The first-order chi connectivity index (χ1) is 15.8. The fourth-order valence-corrected chi connectivity index (χ4v) is 2.99. The zero-order chi connectivity index (χ0) is 23.8. The van der Waals surface area contributed by atoms with E-state index >= 15 is 0 Å². The average Bonchev–Trinajstić information content (AvgIpc) is 2.82. The molecular weight excluding hydrogens is 444 g/mol. The van der Waals surface area contributed by atoms with Gasteiger partial charge >= 0.3 is 5.97 Å². The van der Waals surface area contributed by atoms with Gasteiger partial charge in [0.2, 0.25) is 0 Å². The maximum Gasteiger partial charge on any atom is 0.349 e. The molecule has 170 valence electrons. The standard InChI is InChI=1S/C25H23ClN2O5/c1-25(2,24(31)32-15-14-28-23(30)19-4-3-13-27-16-19)33-21-11-7-18(8-12-21)22(29)17-5-9-20(26)10-6-17/h3-13,16H,14-15H2,1-2H3,(H,28,30).